The van der Waals surface area contributed by atoms with E-state index in [0.717, 1.165) is 9.80 Å². The highest BCUT2D eigenvalue weighted by Gasteiger charge is 2.45. The lowest BCUT2D eigenvalue weighted by atomic mass is 9.95. The van der Waals surface area contributed by atoms with Crippen LogP contribution in [0.4, 0.5) is 0 Å². The Morgan fingerprint density at radius 2 is 1.53 bits per heavy atom. The summed E-state index contributed by atoms with van der Waals surface area (Å²) in [5.41, 5.74) is 6.07. The van der Waals surface area contributed by atoms with E-state index >= 15 is 0 Å². The lowest BCUT2D eigenvalue weighted by molar-refractivity contribution is -0.165. The first kappa shape index (κ1) is 51.8. The number of aliphatic hydroxyl groups is 1. The van der Waals surface area contributed by atoms with Crippen LogP contribution in [0.15, 0.2) is 66.4 Å². The van der Waals surface area contributed by atoms with Crippen molar-refractivity contribution in [2.45, 2.75) is 135 Å². The average Bonchev–Trinajstić information content (AvgIpc) is 3.27. The Morgan fingerprint density at radius 1 is 0.894 bits per heavy atom. The van der Waals surface area contributed by atoms with E-state index in [2.05, 4.69) is 26.6 Å². The molecule has 4 rings (SSSR count). The van der Waals surface area contributed by atoms with Crippen LogP contribution >= 0.6 is 0 Å². The minimum Gasteiger partial charge on any atom is -0.508 e. The molecule has 2 heterocycles. The smallest absolute Gasteiger partial charge is 0.329 e. The van der Waals surface area contributed by atoms with Crippen LogP contribution in [0.5, 0.6) is 5.75 Å². The number of hydrogen-bond acceptors (Lipinski definition) is 12. The molecule has 2 fully saturated rings. The monoisotopic (exact) mass is 918 g/mol. The zero-order valence-electron chi connectivity index (χ0n) is 38.1. The number of nitrogens with one attached hydrogen (secondary N) is 5. The van der Waals surface area contributed by atoms with E-state index in [-0.39, 0.29) is 56.4 Å². The summed E-state index contributed by atoms with van der Waals surface area (Å²) in [6.07, 6.45) is -2.33. The third kappa shape index (κ3) is 13.8. The predicted molar refractivity (Wildman–Crippen MR) is 238 cm³/mol. The summed E-state index contributed by atoms with van der Waals surface area (Å²) in [7, 11) is 1.35. The molecule has 20 heteroatoms. The lowest BCUT2D eigenvalue weighted by Crippen LogP contribution is -2.64. The van der Waals surface area contributed by atoms with Gasteiger partial charge in [0.25, 0.3) is 11.8 Å². The predicted octanol–water partition coefficient (Wildman–Crippen LogP) is -0.0601. The number of cyclic esters (lactones) is 1. The van der Waals surface area contributed by atoms with Gasteiger partial charge < -0.3 is 57.1 Å². The fourth-order valence-electron chi connectivity index (χ4n) is 7.67. The van der Waals surface area contributed by atoms with Crippen molar-refractivity contribution in [3.8, 4) is 5.75 Å². The Hall–Kier alpha value is -6.83. The van der Waals surface area contributed by atoms with Crippen molar-refractivity contribution in [2.75, 3.05) is 7.05 Å². The number of carbonyl (C=O) groups excluding carboxylic acids is 9. The van der Waals surface area contributed by atoms with E-state index in [9.17, 15) is 53.4 Å². The van der Waals surface area contributed by atoms with Gasteiger partial charge in [0.2, 0.25) is 35.4 Å². The number of hydrogen-bond donors (Lipinski definition) is 8. The Morgan fingerprint density at radius 3 is 2.14 bits per heavy atom. The van der Waals surface area contributed by atoms with Crippen LogP contribution in [0.25, 0.3) is 0 Å². The van der Waals surface area contributed by atoms with Crippen molar-refractivity contribution in [1.29, 1.82) is 0 Å². The topological polar surface area (TPSA) is 296 Å². The highest BCUT2D eigenvalue weighted by Crippen LogP contribution is 2.25. The minimum absolute atomic E-state index is 0.0357. The van der Waals surface area contributed by atoms with Gasteiger partial charge in [-0.05, 0) is 68.7 Å². The maximum absolute atomic E-state index is 14.9. The van der Waals surface area contributed by atoms with E-state index in [4.69, 9.17) is 10.5 Å². The van der Waals surface area contributed by atoms with Crippen molar-refractivity contribution in [1.82, 2.24) is 36.4 Å². The molecule has 0 aromatic heterocycles. The Labute approximate surface area is 383 Å². The number of esters is 1. The summed E-state index contributed by atoms with van der Waals surface area (Å²) in [4.78, 5) is 127. The third-order valence-electron chi connectivity index (χ3n) is 11.4. The SMILES string of the molecule is C/C=C1/NC(=O)C(NC(=O)C(CCC(N)=O)NC(=O)CCC)C(C)OC(=O)C(C(C)C)NC(=O)C(Cc2ccc(O)cc2)N(C)C(=O)C(Cc2ccccc2)N2C(=O)C(CCC2O)NC1=O. The van der Waals surface area contributed by atoms with Crippen LogP contribution in [-0.4, -0.2) is 129 Å². The highest BCUT2D eigenvalue weighted by atomic mass is 16.5. The molecule has 0 spiro atoms. The van der Waals surface area contributed by atoms with Gasteiger partial charge in [0, 0.05) is 32.7 Å². The molecule has 2 aromatic carbocycles. The highest BCUT2D eigenvalue weighted by molar-refractivity contribution is 6.02. The summed E-state index contributed by atoms with van der Waals surface area (Å²) < 4.78 is 5.80. The van der Waals surface area contributed by atoms with E-state index in [1.807, 2.05) is 0 Å². The number of aliphatic hydroxyl groups excluding tert-OH is 1. The number of primary amides is 1. The van der Waals surface area contributed by atoms with Crippen LogP contribution < -0.4 is 32.3 Å². The second kappa shape index (κ2) is 23.9. The first-order chi connectivity index (χ1) is 31.2. The Kier molecular flexibility index (Phi) is 18.8. The molecule has 2 aromatic rings. The van der Waals surface area contributed by atoms with Crippen molar-refractivity contribution in [3.63, 3.8) is 0 Å². The number of carbonyl (C=O) groups is 9. The number of nitrogens with zero attached hydrogens (tertiary/aromatic N) is 2. The summed E-state index contributed by atoms with van der Waals surface area (Å²) >= 11 is 0. The number of aromatic hydroxyl groups is 1. The van der Waals surface area contributed by atoms with Gasteiger partial charge in [-0.15, -0.1) is 0 Å². The number of benzene rings is 2. The molecule has 0 radical (unpaired) electrons. The van der Waals surface area contributed by atoms with Crippen molar-refractivity contribution >= 4 is 53.2 Å². The summed E-state index contributed by atoms with van der Waals surface area (Å²) in [5.74, 6) is -8.45. The lowest BCUT2D eigenvalue weighted by Gasteiger charge is -2.43. The van der Waals surface area contributed by atoms with Crippen LogP contribution in [0.3, 0.4) is 0 Å². The van der Waals surface area contributed by atoms with Crippen LogP contribution in [-0.2, 0) is 60.7 Å². The maximum atomic E-state index is 14.9. The first-order valence-corrected chi connectivity index (χ1v) is 22.0. The molecule has 2 aliphatic rings. The standard InChI is InChI=1S/C46H62N8O12/c1-7-12-36(57)48-31(19-21-35(47)56)41(60)52-39-26(5)66-46(65)38(25(3)4)51-42(61)33(23-28-15-17-29(55)18-16-28)53(6)45(64)34(24-27-13-10-9-11-14-27)54-37(58)22-20-32(44(54)63)50-40(59)30(8-2)49-43(39)62/h8-11,13-18,25-26,31-34,37-39,55,58H,7,12,19-24H2,1-6H3,(H2,47,56)(H,48,57)(H,49,62)(H,50,59)(H,51,61)(H,52,60)/b30-8+. The number of amides is 8. The fraction of sp³-hybridized carbons (Fsp3) is 0.500. The number of nitrogens with two attached hydrogens (primary N) is 1. The van der Waals surface area contributed by atoms with Gasteiger partial charge in [-0.3, -0.25) is 38.4 Å². The van der Waals surface area contributed by atoms with Crippen molar-refractivity contribution in [3.05, 3.63) is 77.5 Å². The number of likely N-dealkylation sites (N-methyl/N-ethyl adjacent to an activating group) is 1. The molecule has 20 nitrogen and oxygen atoms in total. The van der Waals surface area contributed by atoms with Gasteiger partial charge in [-0.25, -0.2) is 4.79 Å². The molecule has 0 aliphatic carbocycles. The molecule has 9 N–H and O–H groups in total. The van der Waals surface area contributed by atoms with Gasteiger partial charge >= 0.3 is 5.97 Å². The second-order valence-electron chi connectivity index (χ2n) is 16.8. The van der Waals surface area contributed by atoms with E-state index in [1.54, 1.807) is 63.2 Å². The number of allylic oxidation sites excluding steroid dienone is 1. The summed E-state index contributed by atoms with van der Waals surface area (Å²) in [6.45, 7) is 7.65. The number of piperidine rings is 1. The summed E-state index contributed by atoms with van der Waals surface area (Å²) in [6, 6.07) is 5.86. The largest absolute Gasteiger partial charge is 0.508 e. The first-order valence-electron chi connectivity index (χ1n) is 22.0. The number of rotatable bonds is 13. The zero-order chi connectivity index (χ0) is 48.8. The average molecular weight is 919 g/mol. The van der Waals surface area contributed by atoms with Crippen molar-refractivity contribution in [2.24, 2.45) is 11.7 Å². The molecule has 0 saturated carbocycles. The second-order valence-corrected chi connectivity index (χ2v) is 16.8. The third-order valence-corrected chi connectivity index (χ3v) is 11.4. The molecule has 66 heavy (non-hydrogen) atoms. The maximum Gasteiger partial charge on any atom is 0.329 e. The fourth-order valence-corrected chi connectivity index (χ4v) is 7.67. The molecule has 8 amide bonds. The number of phenols is 1. The minimum atomic E-state index is -1.78. The molecule has 2 bridgehead atoms. The van der Waals surface area contributed by atoms with Crippen LogP contribution in [0.2, 0.25) is 0 Å². The van der Waals surface area contributed by atoms with Gasteiger partial charge in [-0.2, -0.15) is 0 Å². The number of fused-ring (bicyclic) bond motifs is 2. The molecule has 2 aliphatic heterocycles. The number of phenolic OH excluding ortho intramolecular Hbond substituents is 1. The van der Waals surface area contributed by atoms with E-state index in [1.165, 1.54) is 39.1 Å². The molecular weight excluding hydrogens is 857 g/mol. The van der Waals surface area contributed by atoms with Crippen LogP contribution in [0, 0.1) is 5.92 Å². The van der Waals surface area contributed by atoms with Gasteiger partial charge in [0.15, 0.2) is 0 Å². The number of ether oxygens (including phenoxy) is 1. The van der Waals surface area contributed by atoms with Crippen LogP contribution in [0.1, 0.15) is 84.3 Å². The Balaban J connectivity index is 1.85. The normalized spacial score (nSPS) is 24.8. The Bertz CT molecular complexity index is 2130. The van der Waals surface area contributed by atoms with Crippen molar-refractivity contribution < 1.29 is 58.1 Å². The van der Waals surface area contributed by atoms with Gasteiger partial charge in [0.1, 0.15) is 60.0 Å². The van der Waals surface area contributed by atoms with E-state index in [0.29, 0.717) is 17.5 Å². The molecule has 8 atom stereocenters. The summed E-state index contributed by atoms with van der Waals surface area (Å²) in [5, 5.41) is 34.2. The van der Waals surface area contributed by atoms with E-state index < -0.39 is 108 Å². The quantitative estimate of drug-likeness (QED) is 0.0969. The molecular formula is C46H62N8O12. The zero-order valence-corrected chi connectivity index (χ0v) is 38.1. The molecule has 358 valence electrons. The van der Waals surface area contributed by atoms with Gasteiger partial charge in [0.05, 0.1) is 0 Å². The van der Waals surface area contributed by atoms with Gasteiger partial charge in [-0.1, -0.05) is 69.3 Å². The molecule has 8 unspecified atom stereocenters. The molecule has 2 saturated heterocycles.